The fourth-order valence-electron chi connectivity index (χ4n) is 3.92. The van der Waals surface area contributed by atoms with Gasteiger partial charge >= 0.3 is 5.97 Å². The molecule has 34 heavy (non-hydrogen) atoms. The minimum absolute atomic E-state index is 0.0558. The normalized spacial score (nSPS) is 15.4. The lowest BCUT2D eigenvalue weighted by atomic mass is 10.1. The molecule has 0 fully saturated rings. The van der Waals surface area contributed by atoms with Crippen LogP contribution < -0.4 is 5.32 Å². The molecule has 2 heterocycles. The van der Waals surface area contributed by atoms with Crippen LogP contribution in [0.5, 0.6) is 0 Å². The molecule has 2 aromatic carbocycles. The molecule has 1 atom stereocenters. The summed E-state index contributed by atoms with van der Waals surface area (Å²) in [7, 11) is 3.20. The standard InChI is InChI=1S/C22H22N6O6/c1-26-10-13-7-12(3-5-15(13)23-18(22(26)32)9-20(29)30)21(31)27(2)11-19-24-16-6-4-14(28(33)34)8-17(16)25-19/h3-8,18,23H,9-11H2,1-2H3,(H,24,25)(H,29,30)/t18-/m0/s1. The first-order chi connectivity index (χ1) is 16.1. The summed E-state index contributed by atoms with van der Waals surface area (Å²) in [4.78, 5) is 57.4. The third kappa shape index (κ3) is 4.51. The first-order valence-corrected chi connectivity index (χ1v) is 10.4. The number of carbonyl (C=O) groups is 3. The predicted molar refractivity (Wildman–Crippen MR) is 121 cm³/mol. The molecular formula is C22H22N6O6. The second kappa shape index (κ2) is 8.81. The largest absolute Gasteiger partial charge is 0.481 e. The van der Waals surface area contributed by atoms with Crippen molar-refractivity contribution in [2.45, 2.75) is 25.6 Å². The highest BCUT2D eigenvalue weighted by Gasteiger charge is 2.29. The van der Waals surface area contributed by atoms with Gasteiger partial charge in [-0.1, -0.05) is 0 Å². The third-order valence-corrected chi connectivity index (χ3v) is 5.60. The monoisotopic (exact) mass is 466 g/mol. The van der Waals surface area contributed by atoms with Crippen LogP contribution in [0.1, 0.15) is 28.2 Å². The topological polar surface area (TPSA) is 162 Å². The molecule has 0 spiro atoms. The number of H-pyrrole nitrogens is 1. The first kappa shape index (κ1) is 22.7. The van der Waals surface area contributed by atoms with Crippen LogP contribution in [0.15, 0.2) is 36.4 Å². The van der Waals surface area contributed by atoms with E-state index in [1.54, 1.807) is 38.4 Å². The van der Waals surface area contributed by atoms with Gasteiger partial charge in [0.1, 0.15) is 11.9 Å². The maximum absolute atomic E-state index is 13.1. The molecule has 1 aromatic heterocycles. The highest BCUT2D eigenvalue weighted by Crippen LogP contribution is 2.26. The summed E-state index contributed by atoms with van der Waals surface area (Å²) in [6.45, 7) is 0.375. The van der Waals surface area contributed by atoms with Crippen molar-refractivity contribution in [2.24, 2.45) is 0 Å². The van der Waals surface area contributed by atoms with Gasteiger partial charge in [-0.25, -0.2) is 4.98 Å². The number of amides is 2. The Morgan fingerprint density at radius 3 is 2.76 bits per heavy atom. The molecule has 3 N–H and O–H groups in total. The summed E-state index contributed by atoms with van der Waals surface area (Å²) in [6.07, 6.45) is -0.354. The van der Waals surface area contributed by atoms with Crippen LogP contribution in [0.2, 0.25) is 0 Å². The molecule has 4 rings (SSSR count). The van der Waals surface area contributed by atoms with Crippen molar-refractivity contribution >= 4 is 40.2 Å². The number of carbonyl (C=O) groups excluding carboxylic acids is 2. The fraction of sp³-hybridized carbons (Fsp3) is 0.273. The Morgan fingerprint density at radius 1 is 1.29 bits per heavy atom. The van der Waals surface area contributed by atoms with Crippen LogP contribution >= 0.6 is 0 Å². The van der Waals surface area contributed by atoms with E-state index in [-0.39, 0.29) is 37.0 Å². The number of non-ortho nitro benzene ring substituents is 1. The number of anilines is 1. The Balaban J connectivity index is 1.53. The van der Waals surface area contributed by atoms with Crippen molar-refractivity contribution in [3.05, 3.63) is 63.5 Å². The SMILES string of the molecule is CN(Cc1nc2ccc([N+](=O)[O-])cc2[nH]1)C(=O)c1ccc2c(c1)CN(C)C(=O)[C@H](CC(=O)O)N2. The third-order valence-electron chi connectivity index (χ3n) is 5.60. The van der Waals surface area contributed by atoms with E-state index in [2.05, 4.69) is 15.3 Å². The quantitative estimate of drug-likeness (QED) is 0.367. The van der Waals surface area contributed by atoms with E-state index in [0.29, 0.717) is 33.7 Å². The molecule has 1 aliphatic rings. The molecule has 12 nitrogen and oxygen atoms in total. The molecule has 0 bridgehead atoms. The first-order valence-electron chi connectivity index (χ1n) is 10.4. The van der Waals surface area contributed by atoms with Crippen molar-refractivity contribution in [3.8, 4) is 0 Å². The number of carboxylic acid groups (broad SMARTS) is 1. The Bertz CT molecular complexity index is 1320. The van der Waals surface area contributed by atoms with E-state index in [1.807, 2.05) is 0 Å². The van der Waals surface area contributed by atoms with Crippen LogP contribution in [0.3, 0.4) is 0 Å². The number of nitro benzene ring substituents is 1. The average molecular weight is 466 g/mol. The highest BCUT2D eigenvalue weighted by atomic mass is 16.6. The van der Waals surface area contributed by atoms with Crippen LogP contribution in [-0.4, -0.2) is 67.7 Å². The van der Waals surface area contributed by atoms with E-state index in [0.717, 1.165) is 0 Å². The van der Waals surface area contributed by atoms with Crippen molar-refractivity contribution in [1.82, 2.24) is 19.8 Å². The van der Waals surface area contributed by atoms with Gasteiger partial charge in [0.05, 0.1) is 28.9 Å². The highest BCUT2D eigenvalue weighted by molar-refractivity contribution is 5.95. The van der Waals surface area contributed by atoms with Crippen molar-refractivity contribution in [1.29, 1.82) is 0 Å². The second-order valence-electron chi connectivity index (χ2n) is 8.16. The van der Waals surface area contributed by atoms with Gasteiger partial charge in [0, 0.05) is 44.0 Å². The number of aromatic nitrogens is 2. The summed E-state index contributed by atoms with van der Waals surface area (Å²) in [5, 5.41) is 23.0. The lowest BCUT2D eigenvalue weighted by Gasteiger charge is -2.19. The Labute approximate surface area is 193 Å². The van der Waals surface area contributed by atoms with Crippen molar-refractivity contribution in [2.75, 3.05) is 19.4 Å². The fourth-order valence-corrected chi connectivity index (χ4v) is 3.92. The second-order valence-corrected chi connectivity index (χ2v) is 8.16. The molecule has 3 aromatic rings. The van der Waals surface area contributed by atoms with Gasteiger partial charge in [0.25, 0.3) is 11.6 Å². The van der Waals surface area contributed by atoms with Gasteiger partial charge in [-0.15, -0.1) is 0 Å². The van der Waals surface area contributed by atoms with Gasteiger partial charge in [-0.05, 0) is 29.8 Å². The molecule has 0 aliphatic carbocycles. The maximum Gasteiger partial charge on any atom is 0.305 e. The molecule has 176 valence electrons. The number of hydrogen-bond donors (Lipinski definition) is 3. The zero-order valence-corrected chi connectivity index (χ0v) is 18.4. The number of carboxylic acids is 1. The van der Waals surface area contributed by atoms with E-state index in [9.17, 15) is 24.5 Å². The van der Waals surface area contributed by atoms with E-state index < -0.39 is 16.9 Å². The molecule has 0 radical (unpaired) electrons. The number of likely N-dealkylation sites (N-methyl/N-ethyl adjacent to an activating group) is 1. The van der Waals surface area contributed by atoms with Gasteiger partial charge in [-0.2, -0.15) is 0 Å². The number of rotatable bonds is 6. The summed E-state index contributed by atoms with van der Waals surface area (Å²) in [6, 6.07) is 8.37. The number of nitrogens with zero attached hydrogens (tertiary/aromatic N) is 4. The van der Waals surface area contributed by atoms with Crippen molar-refractivity contribution in [3.63, 3.8) is 0 Å². The predicted octanol–water partition coefficient (Wildman–Crippen LogP) is 1.97. The number of nitro groups is 1. The Kier molecular flexibility index (Phi) is 5.88. The van der Waals surface area contributed by atoms with Crippen LogP contribution in [-0.2, 0) is 22.7 Å². The van der Waals surface area contributed by atoms with Gasteiger partial charge < -0.3 is 25.2 Å². The number of benzene rings is 2. The van der Waals surface area contributed by atoms with E-state index in [1.165, 1.54) is 21.9 Å². The zero-order chi connectivity index (χ0) is 24.6. The molecule has 2 amide bonds. The molecule has 0 saturated carbocycles. The lowest BCUT2D eigenvalue weighted by Crippen LogP contribution is -2.39. The number of nitrogens with one attached hydrogen (secondary N) is 2. The Hall–Kier alpha value is -4.48. The molecule has 0 saturated heterocycles. The number of aliphatic carboxylic acids is 1. The summed E-state index contributed by atoms with van der Waals surface area (Å²) in [5.41, 5.74) is 2.69. The smallest absolute Gasteiger partial charge is 0.305 e. The average Bonchev–Trinajstić information content (AvgIpc) is 3.14. The molecular weight excluding hydrogens is 444 g/mol. The minimum atomic E-state index is -1.09. The molecule has 0 unspecified atom stereocenters. The van der Waals surface area contributed by atoms with Crippen LogP contribution in [0, 0.1) is 10.1 Å². The summed E-state index contributed by atoms with van der Waals surface area (Å²) >= 11 is 0. The lowest BCUT2D eigenvalue weighted by molar-refractivity contribution is -0.384. The van der Waals surface area contributed by atoms with E-state index >= 15 is 0 Å². The number of aromatic amines is 1. The van der Waals surface area contributed by atoms with Gasteiger partial charge in [-0.3, -0.25) is 24.5 Å². The van der Waals surface area contributed by atoms with E-state index in [4.69, 9.17) is 5.11 Å². The van der Waals surface area contributed by atoms with Crippen molar-refractivity contribution < 1.29 is 24.4 Å². The van der Waals surface area contributed by atoms with Crippen LogP contribution in [0.25, 0.3) is 11.0 Å². The van der Waals surface area contributed by atoms with Crippen LogP contribution in [0.4, 0.5) is 11.4 Å². The number of imidazole rings is 1. The number of hydrogen-bond acceptors (Lipinski definition) is 7. The molecule has 1 aliphatic heterocycles. The summed E-state index contributed by atoms with van der Waals surface area (Å²) < 4.78 is 0. The van der Waals surface area contributed by atoms with Gasteiger partial charge in [0.15, 0.2) is 0 Å². The summed E-state index contributed by atoms with van der Waals surface area (Å²) in [5.74, 6) is -1.23. The Morgan fingerprint density at radius 2 is 2.06 bits per heavy atom. The number of fused-ring (bicyclic) bond motifs is 2. The minimum Gasteiger partial charge on any atom is -0.481 e. The zero-order valence-electron chi connectivity index (χ0n) is 18.4. The maximum atomic E-state index is 13.1. The van der Waals surface area contributed by atoms with Gasteiger partial charge in [0.2, 0.25) is 5.91 Å². The molecule has 12 heteroatoms.